The lowest BCUT2D eigenvalue weighted by Gasteiger charge is -2.35. The first-order chi connectivity index (χ1) is 9.15. The molecular formula is C17H29NS. The molecule has 108 valence electrons. The van der Waals surface area contributed by atoms with E-state index in [1.54, 1.807) is 4.88 Å². The third-order valence-corrected chi connectivity index (χ3v) is 5.47. The predicted molar refractivity (Wildman–Crippen MR) is 85.8 cm³/mol. The summed E-state index contributed by atoms with van der Waals surface area (Å²) < 4.78 is 0. The van der Waals surface area contributed by atoms with Gasteiger partial charge in [-0.15, -0.1) is 11.3 Å². The van der Waals surface area contributed by atoms with Gasteiger partial charge in [0.2, 0.25) is 0 Å². The van der Waals surface area contributed by atoms with Crippen molar-refractivity contribution in [1.29, 1.82) is 0 Å². The number of nitrogens with one attached hydrogen (secondary N) is 1. The van der Waals surface area contributed by atoms with Gasteiger partial charge in [0.15, 0.2) is 0 Å². The predicted octanol–water partition coefficient (Wildman–Crippen LogP) is 4.73. The Kier molecular flexibility index (Phi) is 5.90. The summed E-state index contributed by atoms with van der Waals surface area (Å²) in [6.07, 6.45) is 6.97. The lowest BCUT2D eigenvalue weighted by Crippen LogP contribution is -2.35. The van der Waals surface area contributed by atoms with Gasteiger partial charge in [0.25, 0.3) is 0 Å². The van der Waals surface area contributed by atoms with E-state index in [1.165, 1.54) is 38.6 Å². The molecule has 2 heteroatoms. The molecule has 0 aromatic carbocycles. The fourth-order valence-electron chi connectivity index (χ4n) is 3.35. The van der Waals surface area contributed by atoms with E-state index in [9.17, 15) is 0 Å². The average Bonchev–Trinajstić information content (AvgIpc) is 2.88. The van der Waals surface area contributed by atoms with Gasteiger partial charge in [0.1, 0.15) is 0 Å². The Balaban J connectivity index is 1.84. The van der Waals surface area contributed by atoms with E-state index < -0.39 is 0 Å². The zero-order valence-corrected chi connectivity index (χ0v) is 13.5. The fourth-order valence-corrected chi connectivity index (χ4v) is 4.08. The van der Waals surface area contributed by atoms with Crippen molar-refractivity contribution in [2.75, 3.05) is 6.54 Å². The minimum Gasteiger partial charge on any atom is -0.314 e. The third kappa shape index (κ3) is 4.92. The highest BCUT2D eigenvalue weighted by Gasteiger charge is 2.28. The molecule has 19 heavy (non-hydrogen) atoms. The standard InChI is InChI=1S/C17H29NS/c1-13(2)18-12-16-7-6-14(3)11-15(16)8-9-17-5-4-10-19-17/h4-5,10,13-16,18H,6-9,11-12H2,1-3H3. The van der Waals surface area contributed by atoms with E-state index in [-0.39, 0.29) is 0 Å². The van der Waals surface area contributed by atoms with Crippen molar-refractivity contribution in [3.05, 3.63) is 22.4 Å². The van der Waals surface area contributed by atoms with Gasteiger partial charge in [-0.05, 0) is 61.4 Å². The van der Waals surface area contributed by atoms with Crippen LogP contribution in [0.15, 0.2) is 17.5 Å². The summed E-state index contributed by atoms with van der Waals surface area (Å²) >= 11 is 1.92. The molecule has 0 bridgehead atoms. The molecule has 3 unspecified atom stereocenters. The SMILES string of the molecule is CC1CCC(CNC(C)C)C(CCc2cccs2)C1. The van der Waals surface area contributed by atoms with Crippen LogP contribution in [-0.4, -0.2) is 12.6 Å². The zero-order chi connectivity index (χ0) is 13.7. The molecule has 1 aliphatic rings. The molecule has 0 saturated heterocycles. The van der Waals surface area contributed by atoms with Crippen molar-refractivity contribution in [3.8, 4) is 0 Å². The van der Waals surface area contributed by atoms with Crippen molar-refractivity contribution < 1.29 is 0 Å². The van der Waals surface area contributed by atoms with Crippen LogP contribution in [0, 0.1) is 17.8 Å². The van der Waals surface area contributed by atoms with Crippen LogP contribution in [0.1, 0.15) is 51.3 Å². The highest BCUT2D eigenvalue weighted by Crippen LogP contribution is 2.36. The molecule has 0 radical (unpaired) electrons. The Labute approximate surface area is 122 Å². The topological polar surface area (TPSA) is 12.0 Å². The molecule has 0 amide bonds. The summed E-state index contributed by atoms with van der Waals surface area (Å²) in [5, 5.41) is 5.86. The van der Waals surface area contributed by atoms with E-state index in [4.69, 9.17) is 0 Å². The van der Waals surface area contributed by atoms with E-state index in [0.717, 1.165) is 17.8 Å². The van der Waals surface area contributed by atoms with Crippen molar-refractivity contribution in [2.24, 2.45) is 17.8 Å². The minimum absolute atomic E-state index is 0.622. The quantitative estimate of drug-likeness (QED) is 0.793. The molecule has 1 saturated carbocycles. The lowest BCUT2D eigenvalue weighted by molar-refractivity contribution is 0.173. The molecule has 1 fully saturated rings. The largest absolute Gasteiger partial charge is 0.314 e. The monoisotopic (exact) mass is 279 g/mol. The van der Waals surface area contributed by atoms with Gasteiger partial charge in [-0.3, -0.25) is 0 Å². The molecule has 2 rings (SSSR count). The molecule has 1 aliphatic carbocycles. The Morgan fingerprint density at radius 2 is 2.16 bits per heavy atom. The summed E-state index contributed by atoms with van der Waals surface area (Å²) in [6.45, 7) is 8.17. The molecule has 1 aromatic heterocycles. The second-order valence-corrected chi connectivity index (χ2v) is 7.65. The summed E-state index contributed by atoms with van der Waals surface area (Å²) in [5.74, 6) is 2.76. The first-order valence-corrected chi connectivity index (χ1v) is 8.79. The Morgan fingerprint density at radius 3 is 2.84 bits per heavy atom. The van der Waals surface area contributed by atoms with Crippen LogP contribution in [0.4, 0.5) is 0 Å². The summed E-state index contributed by atoms with van der Waals surface area (Å²) in [5.41, 5.74) is 0. The molecular weight excluding hydrogens is 250 g/mol. The zero-order valence-electron chi connectivity index (χ0n) is 12.7. The van der Waals surface area contributed by atoms with Crippen LogP contribution in [0.3, 0.4) is 0 Å². The number of hydrogen-bond acceptors (Lipinski definition) is 2. The maximum atomic E-state index is 3.66. The molecule has 0 spiro atoms. The van der Waals surface area contributed by atoms with Gasteiger partial charge < -0.3 is 5.32 Å². The second kappa shape index (κ2) is 7.44. The van der Waals surface area contributed by atoms with Crippen LogP contribution in [0.2, 0.25) is 0 Å². The summed E-state index contributed by atoms with van der Waals surface area (Å²) in [4.78, 5) is 1.56. The minimum atomic E-state index is 0.622. The van der Waals surface area contributed by atoms with Gasteiger partial charge >= 0.3 is 0 Å². The van der Waals surface area contributed by atoms with Gasteiger partial charge in [0.05, 0.1) is 0 Å². The highest BCUT2D eigenvalue weighted by atomic mass is 32.1. The average molecular weight is 279 g/mol. The smallest absolute Gasteiger partial charge is 0.00453 e. The van der Waals surface area contributed by atoms with Crippen LogP contribution in [0.25, 0.3) is 0 Å². The lowest BCUT2D eigenvalue weighted by atomic mass is 9.72. The van der Waals surface area contributed by atoms with Crippen LogP contribution < -0.4 is 5.32 Å². The number of rotatable bonds is 6. The van der Waals surface area contributed by atoms with Crippen molar-refractivity contribution in [2.45, 2.75) is 58.9 Å². The second-order valence-electron chi connectivity index (χ2n) is 6.62. The Bertz CT molecular complexity index is 344. The first-order valence-electron chi connectivity index (χ1n) is 7.91. The highest BCUT2D eigenvalue weighted by molar-refractivity contribution is 7.09. The fraction of sp³-hybridized carbons (Fsp3) is 0.765. The van der Waals surface area contributed by atoms with E-state index in [1.807, 2.05) is 11.3 Å². The van der Waals surface area contributed by atoms with Gasteiger partial charge in [-0.1, -0.05) is 33.3 Å². The van der Waals surface area contributed by atoms with Gasteiger partial charge in [-0.25, -0.2) is 0 Å². The molecule has 0 aliphatic heterocycles. The van der Waals surface area contributed by atoms with Crippen molar-refractivity contribution in [3.63, 3.8) is 0 Å². The Morgan fingerprint density at radius 1 is 1.32 bits per heavy atom. The number of aryl methyl sites for hydroxylation is 1. The molecule has 1 aromatic rings. The Hall–Kier alpha value is -0.340. The number of thiophene rings is 1. The maximum absolute atomic E-state index is 3.66. The molecule has 1 nitrogen and oxygen atoms in total. The van der Waals surface area contributed by atoms with Gasteiger partial charge in [-0.2, -0.15) is 0 Å². The molecule has 1 heterocycles. The molecule has 1 N–H and O–H groups in total. The van der Waals surface area contributed by atoms with Crippen molar-refractivity contribution in [1.82, 2.24) is 5.32 Å². The summed E-state index contributed by atoms with van der Waals surface area (Å²) in [7, 11) is 0. The number of hydrogen-bond donors (Lipinski definition) is 1. The van der Waals surface area contributed by atoms with E-state index >= 15 is 0 Å². The maximum Gasteiger partial charge on any atom is 0.00453 e. The first kappa shape index (κ1) is 15.1. The van der Waals surface area contributed by atoms with E-state index in [2.05, 4.69) is 43.6 Å². The van der Waals surface area contributed by atoms with Crippen LogP contribution in [-0.2, 0) is 6.42 Å². The summed E-state index contributed by atoms with van der Waals surface area (Å²) in [6, 6.07) is 5.09. The van der Waals surface area contributed by atoms with Crippen molar-refractivity contribution >= 4 is 11.3 Å². The van der Waals surface area contributed by atoms with Crippen LogP contribution >= 0.6 is 11.3 Å². The van der Waals surface area contributed by atoms with Crippen LogP contribution in [0.5, 0.6) is 0 Å². The van der Waals surface area contributed by atoms with Gasteiger partial charge in [0, 0.05) is 10.9 Å². The molecule has 3 atom stereocenters. The van der Waals surface area contributed by atoms with E-state index in [0.29, 0.717) is 6.04 Å². The third-order valence-electron chi connectivity index (χ3n) is 4.53. The normalized spacial score (nSPS) is 27.9.